The average molecular weight is 411 g/mol. The number of piperidine rings is 1. The maximum absolute atomic E-state index is 12.4. The molecular formula is C27H26N2O2. The molecule has 0 radical (unpaired) electrons. The lowest BCUT2D eigenvalue weighted by molar-refractivity contribution is 0.142. The average Bonchev–Trinajstić information content (AvgIpc) is 3.22. The largest absolute Gasteiger partial charge is 0.449 e. The zero-order valence-corrected chi connectivity index (χ0v) is 17.4. The second kappa shape index (κ2) is 7.24. The summed E-state index contributed by atoms with van der Waals surface area (Å²) >= 11 is 0. The number of hydrogen-bond acceptors (Lipinski definition) is 3. The quantitative estimate of drug-likeness (QED) is 0.647. The van der Waals surface area contributed by atoms with Gasteiger partial charge in [0.05, 0.1) is 0 Å². The first-order chi connectivity index (χ1) is 15.2. The monoisotopic (exact) mass is 410 g/mol. The Bertz CT molecular complexity index is 1090. The Morgan fingerprint density at radius 2 is 1.65 bits per heavy atom. The van der Waals surface area contributed by atoms with E-state index in [1.807, 2.05) is 12.1 Å². The van der Waals surface area contributed by atoms with E-state index in [1.165, 1.54) is 34.2 Å². The third-order valence-electron chi connectivity index (χ3n) is 7.37. The Labute approximate surface area is 182 Å². The number of ether oxygens (including phenoxy) is 1. The van der Waals surface area contributed by atoms with Gasteiger partial charge < -0.3 is 15.4 Å². The van der Waals surface area contributed by atoms with Crippen LogP contribution in [-0.2, 0) is 16.7 Å². The fraction of sp³-hybridized carbons (Fsp3) is 0.296. The van der Waals surface area contributed by atoms with Crippen molar-refractivity contribution < 1.29 is 9.53 Å². The summed E-state index contributed by atoms with van der Waals surface area (Å²) in [6.07, 6.45) is 0.934. The Balaban J connectivity index is 1.07. The van der Waals surface area contributed by atoms with Gasteiger partial charge in [0.1, 0.15) is 6.61 Å². The van der Waals surface area contributed by atoms with Crippen LogP contribution in [0.15, 0.2) is 72.8 Å². The molecule has 4 nitrogen and oxygen atoms in total. The van der Waals surface area contributed by atoms with Crippen LogP contribution in [0.25, 0.3) is 11.1 Å². The number of amides is 1. The van der Waals surface area contributed by atoms with Crippen molar-refractivity contribution in [1.82, 2.24) is 10.6 Å². The van der Waals surface area contributed by atoms with Crippen LogP contribution >= 0.6 is 0 Å². The number of hydrogen-bond donors (Lipinski definition) is 2. The molecule has 3 aromatic carbocycles. The predicted molar refractivity (Wildman–Crippen MR) is 121 cm³/mol. The summed E-state index contributed by atoms with van der Waals surface area (Å²) in [5.74, 6) is 0.889. The van der Waals surface area contributed by atoms with Crippen LogP contribution in [-0.4, -0.2) is 25.8 Å². The van der Waals surface area contributed by atoms with Gasteiger partial charge in [-0.15, -0.1) is 0 Å². The molecule has 1 saturated heterocycles. The normalized spacial score (nSPS) is 23.0. The van der Waals surface area contributed by atoms with Crippen molar-refractivity contribution in [3.63, 3.8) is 0 Å². The predicted octanol–water partition coefficient (Wildman–Crippen LogP) is 4.59. The van der Waals surface area contributed by atoms with E-state index in [1.54, 1.807) is 0 Å². The molecule has 2 aliphatic carbocycles. The van der Waals surface area contributed by atoms with Crippen LogP contribution in [0.1, 0.15) is 34.6 Å². The fourth-order valence-electron chi connectivity index (χ4n) is 5.57. The van der Waals surface area contributed by atoms with Gasteiger partial charge in [-0.3, -0.25) is 0 Å². The summed E-state index contributed by atoms with van der Waals surface area (Å²) in [4.78, 5) is 12.4. The second-order valence-corrected chi connectivity index (χ2v) is 9.06. The van der Waals surface area contributed by atoms with Crippen molar-refractivity contribution >= 4 is 6.09 Å². The van der Waals surface area contributed by atoms with E-state index in [2.05, 4.69) is 71.3 Å². The van der Waals surface area contributed by atoms with Crippen molar-refractivity contribution in [2.24, 2.45) is 5.92 Å². The highest BCUT2D eigenvalue weighted by Crippen LogP contribution is 2.56. The van der Waals surface area contributed by atoms with E-state index in [9.17, 15) is 4.79 Å². The molecule has 156 valence electrons. The molecule has 1 aliphatic heterocycles. The van der Waals surface area contributed by atoms with Gasteiger partial charge in [-0.05, 0) is 52.3 Å². The first-order valence-electron chi connectivity index (χ1n) is 11.1. The Hall–Kier alpha value is -3.11. The number of benzene rings is 3. The summed E-state index contributed by atoms with van der Waals surface area (Å²) < 4.78 is 5.63. The van der Waals surface area contributed by atoms with Crippen molar-refractivity contribution in [1.29, 1.82) is 0 Å². The molecule has 1 heterocycles. The minimum Gasteiger partial charge on any atom is -0.449 e. The minimum atomic E-state index is -0.369. The third-order valence-corrected chi connectivity index (χ3v) is 7.37. The molecule has 0 spiro atoms. The number of rotatable bonds is 5. The van der Waals surface area contributed by atoms with Gasteiger partial charge in [0.25, 0.3) is 0 Å². The van der Waals surface area contributed by atoms with Crippen molar-refractivity contribution in [3.05, 3.63) is 95.1 Å². The van der Waals surface area contributed by atoms with E-state index in [4.69, 9.17) is 4.74 Å². The van der Waals surface area contributed by atoms with Crippen LogP contribution < -0.4 is 10.6 Å². The van der Waals surface area contributed by atoms with Gasteiger partial charge in [0, 0.05) is 24.4 Å². The van der Waals surface area contributed by atoms with Crippen LogP contribution in [0, 0.1) is 5.92 Å². The first kappa shape index (κ1) is 18.6. The Morgan fingerprint density at radius 1 is 0.968 bits per heavy atom. The molecular weight excluding hydrogens is 384 g/mol. The first-order valence-corrected chi connectivity index (χ1v) is 11.1. The van der Waals surface area contributed by atoms with E-state index in [0.29, 0.717) is 18.6 Å². The molecule has 2 unspecified atom stereocenters. The molecule has 0 aromatic heterocycles. The molecule has 2 N–H and O–H groups in total. The fourth-order valence-corrected chi connectivity index (χ4v) is 5.57. The third kappa shape index (κ3) is 3.14. The van der Waals surface area contributed by atoms with Crippen molar-refractivity contribution in [3.8, 4) is 11.1 Å². The van der Waals surface area contributed by atoms with Gasteiger partial charge in [0.2, 0.25) is 0 Å². The number of nitrogens with one attached hydrogen (secondary N) is 2. The van der Waals surface area contributed by atoms with E-state index >= 15 is 0 Å². The summed E-state index contributed by atoms with van der Waals surface area (Å²) in [5.41, 5.74) is 7.82. The second-order valence-electron chi connectivity index (χ2n) is 9.06. The molecule has 31 heavy (non-hydrogen) atoms. The van der Waals surface area contributed by atoms with Crippen LogP contribution in [0.3, 0.4) is 0 Å². The molecule has 3 aromatic rings. The summed E-state index contributed by atoms with van der Waals surface area (Å²) in [5, 5.41) is 6.40. The molecule has 1 amide bonds. The number of carbonyl (C=O) groups is 1. The Kier molecular flexibility index (Phi) is 4.35. The molecule has 0 bridgehead atoms. The summed E-state index contributed by atoms with van der Waals surface area (Å²) in [6, 6.07) is 25.5. The highest BCUT2D eigenvalue weighted by Gasteiger charge is 2.57. The van der Waals surface area contributed by atoms with Gasteiger partial charge in [-0.2, -0.15) is 0 Å². The lowest BCUT2D eigenvalue weighted by atomic mass is 9.94. The highest BCUT2D eigenvalue weighted by molar-refractivity contribution is 5.79. The molecule has 2 atom stereocenters. The Morgan fingerprint density at radius 3 is 2.26 bits per heavy atom. The van der Waals surface area contributed by atoms with Crippen molar-refractivity contribution in [2.45, 2.75) is 24.3 Å². The minimum absolute atomic E-state index is 0.0863. The van der Waals surface area contributed by atoms with E-state index < -0.39 is 0 Å². The van der Waals surface area contributed by atoms with E-state index in [-0.39, 0.29) is 12.0 Å². The molecule has 2 fully saturated rings. The molecule has 3 aliphatic rings. The lowest BCUT2D eigenvalue weighted by Crippen LogP contribution is -2.25. The zero-order chi connectivity index (χ0) is 20.8. The molecule has 1 saturated carbocycles. The van der Waals surface area contributed by atoms with Crippen LogP contribution in [0.4, 0.5) is 4.79 Å². The number of alkyl carbamates (subject to hydrolysis) is 1. The molecule has 4 heteroatoms. The maximum atomic E-state index is 12.4. The standard InChI is InChI=1S/C27H26N2O2/c30-26(29-14-18-9-11-19(12-10-18)27-13-20(27)15-28-17-27)31-16-25-23-7-3-1-5-21(23)22-6-2-4-8-24(22)25/h1-12,20,25,28H,13-17H2,(H,29,30). The smallest absolute Gasteiger partial charge is 0.407 e. The van der Waals surface area contributed by atoms with Gasteiger partial charge >= 0.3 is 6.09 Å². The van der Waals surface area contributed by atoms with Crippen LogP contribution in [0.5, 0.6) is 0 Å². The van der Waals surface area contributed by atoms with Crippen LogP contribution in [0.2, 0.25) is 0 Å². The van der Waals surface area contributed by atoms with Gasteiger partial charge in [-0.1, -0.05) is 72.8 Å². The maximum Gasteiger partial charge on any atom is 0.407 e. The topological polar surface area (TPSA) is 50.4 Å². The van der Waals surface area contributed by atoms with E-state index in [0.717, 1.165) is 24.6 Å². The van der Waals surface area contributed by atoms with Gasteiger partial charge in [-0.25, -0.2) is 4.79 Å². The zero-order valence-electron chi connectivity index (χ0n) is 17.4. The summed E-state index contributed by atoms with van der Waals surface area (Å²) in [6.45, 7) is 3.06. The molecule has 6 rings (SSSR count). The SMILES string of the molecule is O=C(NCc1ccc(C23CNCC2C3)cc1)OCC1c2ccccc2-c2ccccc21. The number of fused-ring (bicyclic) bond motifs is 4. The van der Waals surface area contributed by atoms with Gasteiger partial charge in [0.15, 0.2) is 0 Å². The number of carbonyl (C=O) groups excluding carboxylic acids is 1. The highest BCUT2D eigenvalue weighted by atomic mass is 16.5. The summed E-state index contributed by atoms with van der Waals surface area (Å²) in [7, 11) is 0. The van der Waals surface area contributed by atoms with Crippen molar-refractivity contribution in [2.75, 3.05) is 19.7 Å². The lowest BCUT2D eigenvalue weighted by Gasteiger charge is -2.15.